The molecule has 0 saturated carbocycles. The summed E-state index contributed by atoms with van der Waals surface area (Å²) in [5.41, 5.74) is 1.89. The molecule has 0 fully saturated rings. The number of benzene rings is 1. The zero-order valence-corrected chi connectivity index (χ0v) is 10.8. The Morgan fingerprint density at radius 3 is 2.65 bits per heavy atom. The number of carbonyl (C=O) groups excluding carboxylic acids is 1. The third-order valence-corrected chi connectivity index (χ3v) is 2.65. The molecule has 6 heteroatoms. The van der Waals surface area contributed by atoms with E-state index in [4.69, 9.17) is 5.11 Å². The van der Waals surface area contributed by atoms with Gasteiger partial charge in [-0.25, -0.2) is 14.8 Å². The van der Waals surface area contributed by atoms with E-state index in [-0.39, 0.29) is 11.4 Å². The minimum Gasteiger partial charge on any atom is -0.477 e. The van der Waals surface area contributed by atoms with E-state index >= 15 is 0 Å². The Balaban J connectivity index is 2.05. The molecular formula is C14H13N3O3. The second-order valence-corrected chi connectivity index (χ2v) is 4.27. The first-order chi connectivity index (χ1) is 9.56. The van der Waals surface area contributed by atoms with Crippen LogP contribution in [-0.4, -0.2) is 27.0 Å². The van der Waals surface area contributed by atoms with Crippen LogP contribution in [0.1, 0.15) is 32.1 Å². The zero-order valence-electron chi connectivity index (χ0n) is 10.8. The third-order valence-electron chi connectivity index (χ3n) is 2.65. The van der Waals surface area contributed by atoms with Crippen LogP contribution >= 0.6 is 0 Å². The molecule has 1 amide bonds. The van der Waals surface area contributed by atoms with Crippen molar-refractivity contribution in [3.8, 4) is 0 Å². The number of aryl methyl sites for hydroxylation is 1. The van der Waals surface area contributed by atoms with Crippen molar-refractivity contribution in [1.82, 2.24) is 15.3 Å². The van der Waals surface area contributed by atoms with E-state index in [1.165, 1.54) is 0 Å². The number of carbonyl (C=O) groups is 2. The molecule has 2 N–H and O–H groups in total. The summed E-state index contributed by atoms with van der Waals surface area (Å²) in [6.45, 7) is 2.32. The molecule has 0 saturated heterocycles. The van der Waals surface area contributed by atoms with E-state index in [1.54, 1.807) is 0 Å². The molecule has 6 nitrogen and oxygen atoms in total. The Labute approximate surface area is 115 Å². The van der Waals surface area contributed by atoms with Gasteiger partial charge in [0.1, 0.15) is 12.0 Å². The standard InChI is InChI=1S/C14H13N3O3/c1-9-3-2-4-10(5-9)7-15-13(18)11-6-12(14(19)20)17-8-16-11/h2-6,8H,7H2,1H3,(H,15,18)(H,19,20). The van der Waals surface area contributed by atoms with Gasteiger partial charge in [-0.05, 0) is 12.5 Å². The molecule has 1 aromatic heterocycles. The number of carboxylic acids is 1. The number of hydrogen-bond acceptors (Lipinski definition) is 4. The molecule has 0 aliphatic heterocycles. The molecule has 0 bridgehead atoms. The zero-order chi connectivity index (χ0) is 14.5. The van der Waals surface area contributed by atoms with Gasteiger partial charge in [-0.3, -0.25) is 4.79 Å². The fraction of sp³-hybridized carbons (Fsp3) is 0.143. The van der Waals surface area contributed by atoms with Crippen molar-refractivity contribution in [2.45, 2.75) is 13.5 Å². The van der Waals surface area contributed by atoms with Crippen LogP contribution in [-0.2, 0) is 6.54 Å². The van der Waals surface area contributed by atoms with Crippen LogP contribution in [0.3, 0.4) is 0 Å². The monoisotopic (exact) mass is 271 g/mol. The largest absolute Gasteiger partial charge is 0.477 e. The normalized spacial score (nSPS) is 10.1. The van der Waals surface area contributed by atoms with Crippen LogP contribution in [0.2, 0.25) is 0 Å². The summed E-state index contributed by atoms with van der Waals surface area (Å²) < 4.78 is 0. The average Bonchev–Trinajstić information content (AvgIpc) is 2.45. The quantitative estimate of drug-likeness (QED) is 0.877. The van der Waals surface area contributed by atoms with E-state index < -0.39 is 11.9 Å². The van der Waals surface area contributed by atoms with Crippen molar-refractivity contribution in [2.24, 2.45) is 0 Å². The highest BCUT2D eigenvalue weighted by molar-refractivity contribution is 5.94. The molecule has 2 aromatic rings. The second kappa shape index (κ2) is 5.92. The molecular weight excluding hydrogens is 258 g/mol. The Morgan fingerprint density at radius 1 is 1.20 bits per heavy atom. The number of hydrogen-bond donors (Lipinski definition) is 2. The maximum absolute atomic E-state index is 11.9. The summed E-state index contributed by atoms with van der Waals surface area (Å²) in [5.74, 6) is -1.63. The van der Waals surface area contributed by atoms with Gasteiger partial charge in [0.25, 0.3) is 5.91 Å². The number of aromatic carboxylic acids is 1. The highest BCUT2D eigenvalue weighted by Crippen LogP contribution is 2.04. The van der Waals surface area contributed by atoms with Gasteiger partial charge in [-0.2, -0.15) is 0 Å². The van der Waals surface area contributed by atoms with Crippen molar-refractivity contribution >= 4 is 11.9 Å². The summed E-state index contributed by atoms with van der Waals surface area (Å²) in [4.78, 5) is 30.0. The van der Waals surface area contributed by atoms with Crippen LogP contribution in [0.15, 0.2) is 36.7 Å². The van der Waals surface area contributed by atoms with Crippen LogP contribution in [0.25, 0.3) is 0 Å². The van der Waals surface area contributed by atoms with Crippen LogP contribution in [0, 0.1) is 6.92 Å². The maximum atomic E-state index is 11.9. The summed E-state index contributed by atoms with van der Waals surface area (Å²) in [7, 11) is 0. The smallest absolute Gasteiger partial charge is 0.354 e. The van der Waals surface area contributed by atoms with Crippen LogP contribution in [0.4, 0.5) is 0 Å². The molecule has 2 rings (SSSR count). The van der Waals surface area contributed by atoms with Gasteiger partial charge in [-0.1, -0.05) is 29.8 Å². The summed E-state index contributed by atoms with van der Waals surface area (Å²) in [6.07, 6.45) is 1.06. The first kappa shape index (κ1) is 13.7. The number of amides is 1. The van der Waals surface area contributed by atoms with Gasteiger partial charge in [-0.15, -0.1) is 0 Å². The lowest BCUT2D eigenvalue weighted by Gasteiger charge is -2.05. The minimum atomic E-state index is -1.19. The summed E-state index contributed by atoms with van der Waals surface area (Å²) in [5, 5.41) is 11.5. The first-order valence-corrected chi connectivity index (χ1v) is 5.95. The number of nitrogens with zero attached hydrogens (tertiary/aromatic N) is 2. The van der Waals surface area contributed by atoms with Gasteiger partial charge in [0.05, 0.1) is 0 Å². The van der Waals surface area contributed by atoms with E-state index in [9.17, 15) is 9.59 Å². The molecule has 0 spiro atoms. The molecule has 102 valence electrons. The summed E-state index contributed by atoms with van der Waals surface area (Å²) >= 11 is 0. The van der Waals surface area contributed by atoms with Gasteiger partial charge >= 0.3 is 5.97 Å². The minimum absolute atomic E-state index is 0.0325. The van der Waals surface area contributed by atoms with E-state index in [0.29, 0.717) is 6.54 Å². The van der Waals surface area contributed by atoms with Crippen LogP contribution in [0.5, 0.6) is 0 Å². The second-order valence-electron chi connectivity index (χ2n) is 4.27. The fourth-order valence-electron chi connectivity index (χ4n) is 1.69. The number of aromatic nitrogens is 2. The van der Waals surface area contributed by atoms with Gasteiger partial charge in [0, 0.05) is 12.6 Å². The molecule has 20 heavy (non-hydrogen) atoms. The number of nitrogens with one attached hydrogen (secondary N) is 1. The molecule has 0 radical (unpaired) electrons. The Morgan fingerprint density at radius 2 is 1.95 bits per heavy atom. The third kappa shape index (κ3) is 3.38. The molecule has 1 aromatic carbocycles. The van der Waals surface area contributed by atoms with Crippen molar-refractivity contribution in [3.63, 3.8) is 0 Å². The van der Waals surface area contributed by atoms with Gasteiger partial charge in [0.15, 0.2) is 5.69 Å². The SMILES string of the molecule is Cc1cccc(CNC(=O)c2cc(C(=O)O)ncn2)c1. The van der Waals surface area contributed by atoms with Crippen molar-refractivity contribution in [2.75, 3.05) is 0 Å². The lowest BCUT2D eigenvalue weighted by Crippen LogP contribution is -2.24. The van der Waals surface area contributed by atoms with Gasteiger partial charge in [0.2, 0.25) is 0 Å². The highest BCUT2D eigenvalue weighted by atomic mass is 16.4. The molecule has 1 heterocycles. The lowest BCUT2D eigenvalue weighted by molar-refractivity contribution is 0.0690. The van der Waals surface area contributed by atoms with E-state index in [2.05, 4.69) is 15.3 Å². The predicted octanol–water partition coefficient (Wildman–Crippen LogP) is 1.41. The Kier molecular flexibility index (Phi) is 4.05. The predicted molar refractivity (Wildman–Crippen MR) is 71.3 cm³/mol. The topological polar surface area (TPSA) is 92.2 Å². The lowest BCUT2D eigenvalue weighted by atomic mass is 10.1. The first-order valence-electron chi connectivity index (χ1n) is 5.95. The fourth-order valence-corrected chi connectivity index (χ4v) is 1.69. The average molecular weight is 271 g/mol. The maximum Gasteiger partial charge on any atom is 0.354 e. The number of rotatable bonds is 4. The Hall–Kier alpha value is -2.76. The van der Waals surface area contributed by atoms with Crippen LogP contribution < -0.4 is 5.32 Å². The number of carboxylic acid groups (broad SMARTS) is 1. The molecule has 0 unspecified atom stereocenters. The molecule has 0 atom stereocenters. The van der Waals surface area contributed by atoms with Crippen molar-refractivity contribution < 1.29 is 14.7 Å². The summed E-state index contributed by atoms with van der Waals surface area (Å²) in [6, 6.07) is 8.88. The molecule has 0 aliphatic rings. The van der Waals surface area contributed by atoms with Crippen molar-refractivity contribution in [3.05, 3.63) is 59.2 Å². The molecule has 0 aliphatic carbocycles. The van der Waals surface area contributed by atoms with Crippen molar-refractivity contribution in [1.29, 1.82) is 0 Å². The van der Waals surface area contributed by atoms with Gasteiger partial charge < -0.3 is 10.4 Å². The highest BCUT2D eigenvalue weighted by Gasteiger charge is 2.11. The van der Waals surface area contributed by atoms with E-state index in [1.807, 2.05) is 31.2 Å². The van der Waals surface area contributed by atoms with E-state index in [0.717, 1.165) is 23.5 Å². The Bertz CT molecular complexity index is 656.